The van der Waals surface area contributed by atoms with E-state index in [2.05, 4.69) is 67.8 Å². The van der Waals surface area contributed by atoms with E-state index in [1.807, 2.05) is 6.08 Å². The number of carbonyl (C=O) groups is 2. The van der Waals surface area contributed by atoms with Gasteiger partial charge in [-0.2, -0.15) is 0 Å². The quantitative estimate of drug-likeness (QED) is 0.0195. The lowest BCUT2D eigenvalue weighted by Crippen LogP contribution is -2.60. The Morgan fingerprint density at radius 1 is 0.500 bits per heavy atom. The lowest BCUT2D eigenvalue weighted by Gasteiger charge is -2.40. The molecular weight excluding hydrogens is 931 g/mol. The molecule has 0 aromatic rings. The number of aliphatic hydroxyl groups is 5. The van der Waals surface area contributed by atoms with Crippen molar-refractivity contribution in [1.29, 1.82) is 0 Å². The number of nitrogens with one attached hydrogen (secondary N) is 1. The molecule has 11 heteroatoms. The topological polar surface area (TPSA) is 175 Å². The Hall–Kier alpha value is -2.64. The Bertz CT molecular complexity index is 1410. The fourth-order valence-corrected chi connectivity index (χ4v) is 9.19. The van der Waals surface area contributed by atoms with Gasteiger partial charge in [-0.05, 0) is 96.3 Å². The molecule has 1 heterocycles. The Labute approximate surface area is 452 Å². The largest absolute Gasteiger partial charge is 0.466 e. The number of ether oxygens (including phenoxy) is 3. The van der Waals surface area contributed by atoms with Crippen molar-refractivity contribution in [1.82, 2.24) is 5.32 Å². The SMILES string of the molecule is CCC/C=C\C/C=C\CCCCCCCC(=O)OCCCCCCCCCCCCCC/C=C\CCCCCCCCCCC(=O)NC(COC1OC(CO)C(O)C(O)C1O)C(O)/C=C/CC/C=C/CCCCC. The number of hydrogen-bond donors (Lipinski definition) is 6. The normalized spacial score (nSPS) is 19.3. The first-order valence-electron chi connectivity index (χ1n) is 30.6. The van der Waals surface area contributed by atoms with Crippen LogP contribution in [0, 0.1) is 0 Å². The number of allylic oxidation sites excluding steroid dienone is 9. The highest BCUT2D eigenvalue weighted by Gasteiger charge is 2.44. The van der Waals surface area contributed by atoms with E-state index in [4.69, 9.17) is 14.2 Å². The van der Waals surface area contributed by atoms with Gasteiger partial charge >= 0.3 is 5.97 Å². The summed E-state index contributed by atoms with van der Waals surface area (Å²) in [5.41, 5.74) is 0. The van der Waals surface area contributed by atoms with E-state index >= 15 is 0 Å². The molecule has 0 aromatic heterocycles. The van der Waals surface area contributed by atoms with Crippen molar-refractivity contribution in [2.45, 2.75) is 307 Å². The standard InChI is InChI=1S/C63H113NO10/c1-3-5-7-9-11-13-14-27-31-35-39-43-47-51-59(68)72-52-48-44-40-36-32-29-26-24-22-20-18-16-15-17-19-21-23-25-28-30-34-38-42-46-50-58(67)64-55(56(66)49-45-41-37-33-12-10-8-6-4-2)54-73-63-62(71)61(70)60(69)57(53-65)74-63/h7,9,12-14,17,19,33,45,49,55-57,60-63,65-66,69-71H,3-6,8,10-11,15-16,18,20-32,34-44,46-48,50-54H2,1-2H3,(H,64,67)/b9-7-,14-13-,19-17-,33-12+,49-45+. The second-order valence-corrected chi connectivity index (χ2v) is 21.0. The summed E-state index contributed by atoms with van der Waals surface area (Å²) in [7, 11) is 0. The third-order valence-electron chi connectivity index (χ3n) is 14.1. The summed E-state index contributed by atoms with van der Waals surface area (Å²) in [6, 6.07) is -0.830. The molecule has 1 amide bonds. The minimum atomic E-state index is -1.58. The fraction of sp³-hybridized carbons (Fsp3) is 0.810. The third-order valence-corrected chi connectivity index (χ3v) is 14.1. The van der Waals surface area contributed by atoms with E-state index in [0.29, 0.717) is 19.4 Å². The molecule has 0 spiro atoms. The van der Waals surface area contributed by atoms with Gasteiger partial charge in [-0.1, -0.05) is 216 Å². The van der Waals surface area contributed by atoms with Crippen LogP contribution in [-0.2, 0) is 23.8 Å². The summed E-state index contributed by atoms with van der Waals surface area (Å²) >= 11 is 0. The predicted molar refractivity (Wildman–Crippen MR) is 306 cm³/mol. The zero-order valence-corrected chi connectivity index (χ0v) is 47.3. The Morgan fingerprint density at radius 3 is 1.47 bits per heavy atom. The van der Waals surface area contributed by atoms with Gasteiger partial charge in [0.2, 0.25) is 5.91 Å². The number of aliphatic hydroxyl groups excluding tert-OH is 5. The molecule has 0 radical (unpaired) electrons. The molecule has 1 fully saturated rings. The summed E-state index contributed by atoms with van der Waals surface area (Å²) in [6.45, 7) is 4.20. The molecule has 1 aliphatic heterocycles. The van der Waals surface area contributed by atoms with E-state index in [-0.39, 0.29) is 18.5 Å². The van der Waals surface area contributed by atoms with Gasteiger partial charge in [-0.25, -0.2) is 0 Å². The maximum absolute atomic E-state index is 13.0. The van der Waals surface area contributed by atoms with Gasteiger partial charge in [0, 0.05) is 12.8 Å². The molecule has 0 aromatic carbocycles. The maximum atomic E-state index is 13.0. The van der Waals surface area contributed by atoms with Crippen molar-refractivity contribution in [3.8, 4) is 0 Å². The number of hydrogen-bond acceptors (Lipinski definition) is 10. The van der Waals surface area contributed by atoms with Crippen molar-refractivity contribution in [3.63, 3.8) is 0 Å². The predicted octanol–water partition coefficient (Wildman–Crippen LogP) is 14.2. The summed E-state index contributed by atoms with van der Waals surface area (Å²) in [4.78, 5) is 25.0. The lowest BCUT2D eigenvalue weighted by atomic mass is 9.99. The highest BCUT2D eigenvalue weighted by atomic mass is 16.7. The molecule has 0 bridgehead atoms. The van der Waals surface area contributed by atoms with Crippen LogP contribution in [0.4, 0.5) is 0 Å². The van der Waals surface area contributed by atoms with E-state index in [9.17, 15) is 35.1 Å². The summed E-state index contributed by atoms with van der Waals surface area (Å²) in [5.74, 6) is -0.215. The van der Waals surface area contributed by atoms with Gasteiger partial charge < -0.3 is 45.1 Å². The van der Waals surface area contributed by atoms with Crippen LogP contribution in [0.25, 0.3) is 0 Å². The Balaban J connectivity index is 2.00. The number of unbranched alkanes of at least 4 members (excludes halogenated alkanes) is 30. The molecule has 7 unspecified atom stereocenters. The smallest absolute Gasteiger partial charge is 0.305 e. The lowest BCUT2D eigenvalue weighted by molar-refractivity contribution is -0.302. The first kappa shape index (κ1) is 69.4. The second kappa shape index (κ2) is 52.4. The van der Waals surface area contributed by atoms with Crippen molar-refractivity contribution in [2.75, 3.05) is 19.8 Å². The van der Waals surface area contributed by atoms with Gasteiger partial charge in [0.1, 0.15) is 24.4 Å². The minimum Gasteiger partial charge on any atom is -0.466 e. The molecule has 11 nitrogen and oxygen atoms in total. The molecule has 1 rings (SSSR count). The Kier molecular flexibility index (Phi) is 49.1. The molecule has 430 valence electrons. The maximum Gasteiger partial charge on any atom is 0.305 e. The van der Waals surface area contributed by atoms with Gasteiger partial charge in [-0.3, -0.25) is 9.59 Å². The van der Waals surface area contributed by atoms with Crippen LogP contribution in [0.3, 0.4) is 0 Å². The summed E-state index contributed by atoms with van der Waals surface area (Å²) in [6.07, 6.45) is 57.7. The monoisotopic (exact) mass is 1040 g/mol. The number of amides is 1. The molecule has 0 saturated carbocycles. The van der Waals surface area contributed by atoms with Crippen LogP contribution in [0.1, 0.15) is 264 Å². The zero-order valence-electron chi connectivity index (χ0n) is 47.3. The molecule has 6 N–H and O–H groups in total. The molecule has 1 saturated heterocycles. The average molecular weight is 1040 g/mol. The number of esters is 1. The first-order valence-corrected chi connectivity index (χ1v) is 30.6. The molecule has 0 aliphatic carbocycles. The van der Waals surface area contributed by atoms with Crippen molar-refractivity contribution >= 4 is 11.9 Å². The second-order valence-electron chi connectivity index (χ2n) is 21.0. The number of carbonyl (C=O) groups excluding carboxylic acids is 2. The third kappa shape index (κ3) is 41.5. The fourth-order valence-electron chi connectivity index (χ4n) is 9.19. The van der Waals surface area contributed by atoms with Crippen LogP contribution in [0.2, 0.25) is 0 Å². The van der Waals surface area contributed by atoms with Crippen LogP contribution in [0.15, 0.2) is 60.8 Å². The summed E-state index contributed by atoms with van der Waals surface area (Å²) in [5, 5.41) is 54.2. The van der Waals surface area contributed by atoms with Crippen molar-refractivity contribution in [2.24, 2.45) is 0 Å². The van der Waals surface area contributed by atoms with E-state index in [1.54, 1.807) is 6.08 Å². The van der Waals surface area contributed by atoms with Crippen molar-refractivity contribution in [3.05, 3.63) is 60.8 Å². The van der Waals surface area contributed by atoms with Gasteiger partial charge in [0.15, 0.2) is 6.29 Å². The van der Waals surface area contributed by atoms with Crippen LogP contribution in [-0.4, -0.2) is 100 Å². The molecule has 74 heavy (non-hydrogen) atoms. The summed E-state index contributed by atoms with van der Waals surface area (Å²) < 4.78 is 16.6. The van der Waals surface area contributed by atoms with E-state index in [1.165, 1.54) is 148 Å². The Morgan fingerprint density at radius 2 is 0.946 bits per heavy atom. The zero-order chi connectivity index (χ0) is 53.8. The number of rotatable bonds is 52. The molecule has 1 aliphatic rings. The van der Waals surface area contributed by atoms with Gasteiger partial charge in [0.05, 0.1) is 32.0 Å². The van der Waals surface area contributed by atoms with Crippen LogP contribution >= 0.6 is 0 Å². The average Bonchev–Trinajstić information content (AvgIpc) is 3.40. The first-order chi connectivity index (χ1) is 36.2. The van der Waals surface area contributed by atoms with Gasteiger partial charge in [0.25, 0.3) is 0 Å². The van der Waals surface area contributed by atoms with Gasteiger partial charge in [-0.15, -0.1) is 0 Å². The van der Waals surface area contributed by atoms with E-state index < -0.39 is 49.5 Å². The molecular formula is C63H113NO10. The minimum absolute atomic E-state index is 0.0153. The highest BCUT2D eigenvalue weighted by molar-refractivity contribution is 5.76. The van der Waals surface area contributed by atoms with E-state index in [0.717, 1.165) is 89.9 Å². The van der Waals surface area contributed by atoms with Crippen LogP contribution in [0.5, 0.6) is 0 Å². The van der Waals surface area contributed by atoms with Crippen LogP contribution < -0.4 is 5.32 Å². The molecule has 7 atom stereocenters. The van der Waals surface area contributed by atoms with Crippen molar-refractivity contribution < 1.29 is 49.3 Å². The highest BCUT2D eigenvalue weighted by Crippen LogP contribution is 2.23.